The molecule has 0 aliphatic rings. The third-order valence-electron chi connectivity index (χ3n) is 4.54. The van der Waals surface area contributed by atoms with Gasteiger partial charge in [0.25, 0.3) is 0 Å². The lowest BCUT2D eigenvalue weighted by atomic mass is 10.1. The van der Waals surface area contributed by atoms with Crippen molar-refractivity contribution in [2.45, 2.75) is 19.5 Å². The fraction of sp³-hybridized carbons (Fsp3) is 0.130. The van der Waals surface area contributed by atoms with Crippen LogP contribution in [0, 0.1) is 0 Å². The number of nitrogens with zero attached hydrogens (tertiary/aromatic N) is 4. The molecular formula is C23H21N5O2. The highest BCUT2D eigenvalue weighted by Crippen LogP contribution is 2.29. The van der Waals surface area contributed by atoms with Gasteiger partial charge in [0.05, 0.1) is 11.9 Å². The Bertz CT molecular complexity index is 1170. The number of amides is 1. The van der Waals surface area contributed by atoms with Crippen molar-refractivity contribution in [2.24, 2.45) is 0 Å². The van der Waals surface area contributed by atoms with Gasteiger partial charge in [-0.15, -0.1) is 0 Å². The fourth-order valence-electron chi connectivity index (χ4n) is 3.17. The number of rotatable bonds is 7. The van der Waals surface area contributed by atoms with Crippen LogP contribution >= 0.6 is 0 Å². The van der Waals surface area contributed by atoms with Crippen LogP contribution < -0.4 is 10.1 Å². The number of hydrogen-bond acceptors (Lipinski definition) is 5. The molecule has 1 atom stereocenters. The summed E-state index contributed by atoms with van der Waals surface area (Å²) in [7, 11) is 0. The molecule has 2 aromatic carbocycles. The van der Waals surface area contributed by atoms with Gasteiger partial charge in [0.2, 0.25) is 5.91 Å². The van der Waals surface area contributed by atoms with Crippen molar-refractivity contribution in [2.75, 3.05) is 0 Å². The molecule has 0 bridgehead atoms. The summed E-state index contributed by atoms with van der Waals surface area (Å²) in [5.41, 5.74) is 2.42. The second kappa shape index (κ2) is 8.57. The number of aromatic nitrogens is 4. The van der Waals surface area contributed by atoms with Gasteiger partial charge in [-0.3, -0.25) is 4.79 Å². The van der Waals surface area contributed by atoms with Crippen LogP contribution in [0.3, 0.4) is 0 Å². The largest absolute Gasteiger partial charge is 0.457 e. The minimum absolute atomic E-state index is 0.136. The predicted molar refractivity (Wildman–Crippen MR) is 115 cm³/mol. The van der Waals surface area contributed by atoms with Crippen LogP contribution in [0.2, 0.25) is 0 Å². The molecule has 7 heteroatoms. The van der Waals surface area contributed by atoms with Gasteiger partial charge in [0.1, 0.15) is 23.5 Å². The van der Waals surface area contributed by atoms with Crippen molar-refractivity contribution in [3.63, 3.8) is 0 Å². The quantitative estimate of drug-likeness (QED) is 0.476. The average molecular weight is 399 g/mol. The van der Waals surface area contributed by atoms with Crippen LogP contribution in [0.5, 0.6) is 11.5 Å². The number of benzene rings is 2. The standard InChI is InChI=1S/C23H21N5O2/c1-3-21(29)26-16(2)14-28-23-20(13-24-15-25-23)22(27-28)17-9-11-19(12-10-17)30-18-7-5-4-6-8-18/h3-13,15-16H,1,14H2,2H3,(H,26,29)/t16-/m0/s1. The van der Waals surface area contributed by atoms with E-state index in [1.165, 1.54) is 12.4 Å². The van der Waals surface area contributed by atoms with Gasteiger partial charge in [0.15, 0.2) is 5.65 Å². The van der Waals surface area contributed by atoms with E-state index < -0.39 is 0 Å². The summed E-state index contributed by atoms with van der Waals surface area (Å²) in [5, 5.41) is 8.43. The first kappa shape index (κ1) is 19.3. The first-order chi connectivity index (χ1) is 14.6. The molecule has 2 heterocycles. The first-order valence-corrected chi connectivity index (χ1v) is 9.57. The van der Waals surface area contributed by atoms with Crippen molar-refractivity contribution in [3.05, 3.63) is 79.8 Å². The molecule has 0 spiro atoms. The van der Waals surface area contributed by atoms with Gasteiger partial charge in [-0.25, -0.2) is 14.6 Å². The topological polar surface area (TPSA) is 81.9 Å². The molecule has 0 saturated carbocycles. The molecule has 4 aromatic rings. The zero-order chi connectivity index (χ0) is 20.9. The molecule has 0 aliphatic heterocycles. The molecular weight excluding hydrogens is 378 g/mol. The summed E-state index contributed by atoms with van der Waals surface area (Å²) in [6.07, 6.45) is 4.50. The fourth-order valence-corrected chi connectivity index (χ4v) is 3.17. The Hall–Kier alpha value is -4.00. The van der Waals surface area contributed by atoms with Gasteiger partial charge in [-0.2, -0.15) is 5.10 Å². The zero-order valence-electron chi connectivity index (χ0n) is 16.5. The maximum Gasteiger partial charge on any atom is 0.243 e. The Labute approximate surface area is 174 Å². The molecule has 0 radical (unpaired) electrons. The predicted octanol–water partition coefficient (Wildman–Crippen LogP) is 3.98. The molecule has 0 fully saturated rings. The van der Waals surface area contributed by atoms with Gasteiger partial charge in [0, 0.05) is 17.8 Å². The van der Waals surface area contributed by atoms with E-state index in [1.807, 2.05) is 61.5 Å². The average Bonchev–Trinajstić information content (AvgIpc) is 3.13. The molecule has 1 N–H and O–H groups in total. The van der Waals surface area contributed by atoms with Crippen molar-refractivity contribution >= 4 is 16.9 Å². The third kappa shape index (κ3) is 4.20. The zero-order valence-corrected chi connectivity index (χ0v) is 16.5. The number of nitrogens with one attached hydrogen (secondary N) is 1. The Balaban J connectivity index is 1.61. The molecule has 7 nitrogen and oxygen atoms in total. The summed E-state index contributed by atoms with van der Waals surface area (Å²) in [5.74, 6) is 1.30. The molecule has 0 aliphatic carbocycles. The van der Waals surface area contributed by atoms with Crippen LogP contribution in [0.4, 0.5) is 0 Å². The summed E-state index contributed by atoms with van der Waals surface area (Å²) in [6.45, 7) is 5.87. The van der Waals surface area contributed by atoms with Crippen LogP contribution in [-0.4, -0.2) is 31.7 Å². The van der Waals surface area contributed by atoms with E-state index in [9.17, 15) is 4.79 Å². The first-order valence-electron chi connectivity index (χ1n) is 9.57. The molecule has 0 unspecified atom stereocenters. The van der Waals surface area contributed by atoms with Gasteiger partial charge >= 0.3 is 0 Å². The van der Waals surface area contributed by atoms with Crippen molar-refractivity contribution in [1.29, 1.82) is 0 Å². The third-order valence-corrected chi connectivity index (χ3v) is 4.54. The maximum absolute atomic E-state index is 11.6. The highest BCUT2D eigenvalue weighted by atomic mass is 16.5. The minimum Gasteiger partial charge on any atom is -0.457 e. The second-order valence-corrected chi connectivity index (χ2v) is 6.84. The molecule has 1 amide bonds. The molecule has 2 aromatic heterocycles. The van der Waals surface area contributed by atoms with Crippen LogP contribution in [0.25, 0.3) is 22.3 Å². The minimum atomic E-state index is -0.220. The Morgan fingerprint density at radius 1 is 1.17 bits per heavy atom. The Morgan fingerprint density at radius 2 is 1.90 bits per heavy atom. The lowest BCUT2D eigenvalue weighted by Crippen LogP contribution is -2.34. The molecule has 150 valence electrons. The lowest BCUT2D eigenvalue weighted by Gasteiger charge is -2.12. The molecule has 4 rings (SSSR count). The van der Waals surface area contributed by atoms with Gasteiger partial charge in [-0.05, 0) is 49.4 Å². The van der Waals surface area contributed by atoms with Crippen LogP contribution in [0.15, 0.2) is 79.8 Å². The van der Waals surface area contributed by atoms with E-state index in [0.29, 0.717) is 12.2 Å². The van der Waals surface area contributed by atoms with E-state index in [4.69, 9.17) is 9.84 Å². The second-order valence-electron chi connectivity index (χ2n) is 6.84. The van der Waals surface area contributed by atoms with E-state index in [1.54, 1.807) is 10.9 Å². The van der Waals surface area contributed by atoms with Gasteiger partial charge < -0.3 is 10.1 Å². The Kier molecular flexibility index (Phi) is 5.52. The molecule has 0 saturated heterocycles. The number of ether oxygens (including phenoxy) is 1. The summed E-state index contributed by atoms with van der Waals surface area (Å²) >= 11 is 0. The number of carbonyl (C=O) groups excluding carboxylic acids is 1. The van der Waals surface area contributed by atoms with Crippen molar-refractivity contribution < 1.29 is 9.53 Å². The van der Waals surface area contributed by atoms with Crippen LogP contribution in [-0.2, 0) is 11.3 Å². The lowest BCUT2D eigenvalue weighted by molar-refractivity contribution is -0.117. The number of hydrogen-bond donors (Lipinski definition) is 1. The monoisotopic (exact) mass is 399 g/mol. The van der Waals surface area contributed by atoms with E-state index in [-0.39, 0.29) is 11.9 Å². The van der Waals surface area contributed by atoms with E-state index >= 15 is 0 Å². The van der Waals surface area contributed by atoms with Crippen molar-refractivity contribution in [1.82, 2.24) is 25.1 Å². The van der Waals surface area contributed by atoms with Gasteiger partial charge in [-0.1, -0.05) is 24.8 Å². The number of para-hydroxylation sites is 1. The number of carbonyl (C=O) groups is 1. The summed E-state index contributed by atoms with van der Waals surface area (Å²) in [6, 6.07) is 17.2. The van der Waals surface area contributed by atoms with Crippen LogP contribution in [0.1, 0.15) is 6.92 Å². The maximum atomic E-state index is 11.6. The Morgan fingerprint density at radius 3 is 2.63 bits per heavy atom. The van der Waals surface area contributed by atoms with E-state index in [0.717, 1.165) is 28.1 Å². The highest BCUT2D eigenvalue weighted by Gasteiger charge is 2.16. The highest BCUT2D eigenvalue weighted by molar-refractivity contribution is 5.90. The smallest absolute Gasteiger partial charge is 0.243 e. The number of fused-ring (bicyclic) bond motifs is 1. The molecule has 30 heavy (non-hydrogen) atoms. The van der Waals surface area contributed by atoms with E-state index in [2.05, 4.69) is 21.9 Å². The SMILES string of the molecule is C=CC(=O)N[C@@H](C)Cn1nc(-c2ccc(Oc3ccccc3)cc2)c2cncnc21. The normalized spacial score (nSPS) is 11.8. The summed E-state index contributed by atoms with van der Waals surface area (Å²) < 4.78 is 7.65. The summed E-state index contributed by atoms with van der Waals surface area (Å²) in [4.78, 5) is 20.1. The van der Waals surface area contributed by atoms with Crippen molar-refractivity contribution in [3.8, 4) is 22.8 Å².